The maximum Gasteiger partial charge on any atom is 0.325 e. The van der Waals surface area contributed by atoms with Gasteiger partial charge in [-0.05, 0) is 24.6 Å². The summed E-state index contributed by atoms with van der Waals surface area (Å²) in [6.07, 6.45) is 0. The topological polar surface area (TPSA) is 111 Å². The quantitative estimate of drug-likeness (QED) is 0.465. The summed E-state index contributed by atoms with van der Waals surface area (Å²) in [6.45, 7) is 1.56. The monoisotopic (exact) mass is 417 g/mol. The number of nitrogens with one attached hydrogen (secondary N) is 1. The number of benzene rings is 2. The summed E-state index contributed by atoms with van der Waals surface area (Å²) < 4.78 is 10.7. The third-order valence-corrected chi connectivity index (χ3v) is 5.26. The highest BCUT2D eigenvalue weighted by Crippen LogP contribution is 2.36. The lowest BCUT2D eigenvalue weighted by molar-refractivity contribution is -0.385. The van der Waals surface area contributed by atoms with Gasteiger partial charge in [0.25, 0.3) is 11.6 Å². The summed E-state index contributed by atoms with van der Waals surface area (Å²) in [5.74, 6) is -0.0836. The van der Waals surface area contributed by atoms with Gasteiger partial charge in [0.05, 0.1) is 18.1 Å². The first-order valence-electron chi connectivity index (χ1n) is 8.70. The fourth-order valence-electron chi connectivity index (χ4n) is 3.49. The van der Waals surface area contributed by atoms with Gasteiger partial charge >= 0.3 is 6.03 Å². The van der Waals surface area contributed by atoms with E-state index in [1.54, 1.807) is 31.2 Å². The van der Waals surface area contributed by atoms with Crippen LogP contribution in [0.15, 0.2) is 36.4 Å². The third kappa shape index (κ3) is 3.28. The highest BCUT2D eigenvalue weighted by atomic mass is 35.5. The van der Waals surface area contributed by atoms with Gasteiger partial charge in [-0.2, -0.15) is 0 Å². The molecule has 0 saturated carbocycles. The molecule has 0 spiro atoms. The van der Waals surface area contributed by atoms with Crippen LogP contribution in [0.5, 0.6) is 5.75 Å². The summed E-state index contributed by atoms with van der Waals surface area (Å²) in [5.41, 5.74) is -0.00460. The molecule has 1 N–H and O–H groups in total. The molecule has 0 aliphatic carbocycles. The van der Waals surface area contributed by atoms with Gasteiger partial charge in [-0.15, -0.1) is 0 Å². The van der Waals surface area contributed by atoms with Gasteiger partial charge in [-0.1, -0.05) is 23.7 Å². The van der Waals surface area contributed by atoms with Gasteiger partial charge in [0, 0.05) is 28.3 Å². The molecular weight excluding hydrogens is 402 g/mol. The van der Waals surface area contributed by atoms with Crippen molar-refractivity contribution in [1.82, 2.24) is 10.2 Å². The predicted molar refractivity (Wildman–Crippen MR) is 101 cm³/mol. The highest BCUT2D eigenvalue weighted by Gasteiger charge is 2.49. The van der Waals surface area contributed by atoms with Crippen LogP contribution in [0.1, 0.15) is 23.6 Å². The number of hydrogen-bond donors (Lipinski definition) is 1. The summed E-state index contributed by atoms with van der Waals surface area (Å²) in [7, 11) is 0. The number of non-ortho nitro benzene ring substituents is 1. The molecule has 150 valence electrons. The number of nitro groups is 1. The summed E-state index contributed by atoms with van der Waals surface area (Å²) in [5, 5.41) is 14.5. The van der Waals surface area contributed by atoms with Crippen molar-refractivity contribution in [3.8, 4) is 5.75 Å². The SMILES string of the molecule is CC1(c2ccc(Cl)cc2)NC(=O)N(Cc2cc([N+](=O)[O-])cc3c2OCOC3)C1=O. The van der Waals surface area contributed by atoms with Crippen molar-refractivity contribution in [2.75, 3.05) is 6.79 Å². The Balaban J connectivity index is 1.69. The molecule has 0 bridgehead atoms. The summed E-state index contributed by atoms with van der Waals surface area (Å²) in [4.78, 5) is 37.5. The van der Waals surface area contributed by atoms with E-state index in [1.165, 1.54) is 12.1 Å². The molecule has 0 aromatic heterocycles. The summed E-state index contributed by atoms with van der Waals surface area (Å²) >= 11 is 5.91. The van der Waals surface area contributed by atoms with Gasteiger partial charge in [0.1, 0.15) is 11.3 Å². The molecule has 1 atom stereocenters. The van der Waals surface area contributed by atoms with Gasteiger partial charge in [0.2, 0.25) is 0 Å². The number of nitro benzene ring substituents is 1. The van der Waals surface area contributed by atoms with Crippen LogP contribution in [-0.4, -0.2) is 28.6 Å². The van der Waals surface area contributed by atoms with Crippen molar-refractivity contribution in [3.05, 3.63) is 68.2 Å². The van der Waals surface area contributed by atoms with Crippen LogP contribution < -0.4 is 10.1 Å². The zero-order valence-corrected chi connectivity index (χ0v) is 16.1. The van der Waals surface area contributed by atoms with Crippen LogP contribution in [-0.2, 0) is 28.2 Å². The Bertz CT molecular complexity index is 1030. The molecule has 10 heteroatoms. The van der Waals surface area contributed by atoms with Crippen molar-refractivity contribution in [3.63, 3.8) is 0 Å². The fraction of sp³-hybridized carbons (Fsp3) is 0.263. The standard InChI is InChI=1S/C19H16ClN3O6/c1-19(13-2-4-14(20)5-3-13)17(24)22(18(25)21-19)8-11-6-15(23(26)27)7-12-9-28-10-29-16(11)12/h2-7H,8-10H2,1H3,(H,21,25). The second kappa shape index (κ2) is 7.02. The Hall–Kier alpha value is -3.17. The molecule has 2 aliphatic rings. The molecule has 2 heterocycles. The molecule has 1 saturated heterocycles. The van der Waals surface area contributed by atoms with Gasteiger partial charge in [-0.3, -0.25) is 19.8 Å². The normalized spacial score (nSPS) is 20.8. The lowest BCUT2D eigenvalue weighted by Gasteiger charge is -2.24. The average molecular weight is 418 g/mol. The molecule has 4 rings (SSSR count). The zero-order valence-electron chi connectivity index (χ0n) is 15.3. The van der Waals surface area contributed by atoms with E-state index >= 15 is 0 Å². The maximum atomic E-state index is 13.1. The minimum absolute atomic E-state index is 0.0134. The van der Waals surface area contributed by atoms with E-state index < -0.39 is 22.4 Å². The van der Waals surface area contributed by atoms with Crippen LogP contribution in [0.4, 0.5) is 10.5 Å². The number of fused-ring (bicyclic) bond motifs is 1. The first kappa shape index (κ1) is 19.2. The molecule has 0 radical (unpaired) electrons. The number of amides is 3. The minimum Gasteiger partial charge on any atom is -0.467 e. The number of carbonyl (C=O) groups is 2. The maximum absolute atomic E-state index is 13.1. The van der Waals surface area contributed by atoms with Crippen LogP contribution in [0.3, 0.4) is 0 Å². The van der Waals surface area contributed by atoms with E-state index in [0.717, 1.165) is 4.90 Å². The number of halogens is 1. The van der Waals surface area contributed by atoms with Crippen LogP contribution in [0.25, 0.3) is 0 Å². The number of rotatable bonds is 4. The molecule has 1 unspecified atom stereocenters. The second-order valence-electron chi connectivity index (χ2n) is 6.91. The number of carbonyl (C=O) groups excluding carboxylic acids is 2. The van der Waals surface area contributed by atoms with Crippen molar-refractivity contribution in [1.29, 1.82) is 0 Å². The molecule has 2 aromatic carbocycles. The van der Waals surface area contributed by atoms with E-state index in [2.05, 4.69) is 5.32 Å². The predicted octanol–water partition coefficient (Wildman–Crippen LogP) is 3.08. The van der Waals surface area contributed by atoms with Gasteiger partial charge in [0.15, 0.2) is 6.79 Å². The molecule has 2 aromatic rings. The van der Waals surface area contributed by atoms with Crippen molar-refractivity contribution in [2.45, 2.75) is 25.6 Å². The van der Waals surface area contributed by atoms with Gasteiger partial charge in [-0.25, -0.2) is 4.79 Å². The number of ether oxygens (including phenoxy) is 2. The van der Waals surface area contributed by atoms with E-state index in [9.17, 15) is 19.7 Å². The zero-order chi connectivity index (χ0) is 20.8. The average Bonchev–Trinajstić information content (AvgIpc) is 2.92. The minimum atomic E-state index is -1.27. The van der Waals surface area contributed by atoms with E-state index in [1.807, 2.05) is 0 Å². The first-order valence-corrected chi connectivity index (χ1v) is 9.08. The largest absolute Gasteiger partial charge is 0.467 e. The van der Waals surface area contributed by atoms with E-state index in [0.29, 0.717) is 27.5 Å². The van der Waals surface area contributed by atoms with Gasteiger partial charge < -0.3 is 14.8 Å². The Morgan fingerprint density at radius 2 is 2.00 bits per heavy atom. The molecule has 3 amide bonds. The second-order valence-corrected chi connectivity index (χ2v) is 7.35. The number of urea groups is 1. The molecule has 1 fully saturated rings. The molecular formula is C19H16ClN3O6. The van der Waals surface area contributed by atoms with Crippen molar-refractivity contribution >= 4 is 29.2 Å². The Morgan fingerprint density at radius 3 is 2.69 bits per heavy atom. The van der Waals surface area contributed by atoms with Crippen molar-refractivity contribution in [2.24, 2.45) is 0 Å². The van der Waals surface area contributed by atoms with E-state index in [4.69, 9.17) is 21.1 Å². The molecule has 2 aliphatic heterocycles. The Kier molecular flexibility index (Phi) is 4.64. The molecule has 29 heavy (non-hydrogen) atoms. The highest BCUT2D eigenvalue weighted by molar-refractivity contribution is 6.30. The van der Waals surface area contributed by atoms with E-state index in [-0.39, 0.29) is 25.6 Å². The lowest BCUT2D eigenvalue weighted by atomic mass is 9.92. The van der Waals surface area contributed by atoms with Crippen LogP contribution in [0, 0.1) is 10.1 Å². The Labute approximate surface area is 170 Å². The fourth-order valence-corrected chi connectivity index (χ4v) is 3.62. The summed E-state index contributed by atoms with van der Waals surface area (Å²) in [6, 6.07) is 8.67. The Morgan fingerprint density at radius 1 is 1.28 bits per heavy atom. The first-order chi connectivity index (χ1) is 13.8. The van der Waals surface area contributed by atoms with Crippen LogP contribution >= 0.6 is 11.6 Å². The number of hydrogen-bond acceptors (Lipinski definition) is 6. The smallest absolute Gasteiger partial charge is 0.325 e. The third-order valence-electron chi connectivity index (χ3n) is 5.01. The molecule has 9 nitrogen and oxygen atoms in total. The van der Waals surface area contributed by atoms with Crippen molar-refractivity contribution < 1.29 is 24.0 Å². The lowest BCUT2D eigenvalue weighted by Crippen LogP contribution is -2.40. The number of nitrogens with zero attached hydrogens (tertiary/aromatic N) is 2. The number of imide groups is 1. The van der Waals surface area contributed by atoms with Crippen LogP contribution in [0.2, 0.25) is 5.02 Å².